The summed E-state index contributed by atoms with van der Waals surface area (Å²) >= 11 is 0. The minimum absolute atomic E-state index is 0.208. The van der Waals surface area contributed by atoms with Crippen molar-refractivity contribution in [3.05, 3.63) is 71.3 Å². The topological polar surface area (TPSA) is 38.3 Å². The van der Waals surface area contributed by atoms with Gasteiger partial charge < -0.3 is 10.1 Å². The maximum absolute atomic E-state index is 13.9. The Hall–Kier alpha value is -2.36. The summed E-state index contributed by atoms with van der Waals surface area (Å²) in [7, 11) is 0. The first-order valence-corrected chi connectivity index (χ1v) is 6.94. The molecule has 0 bridgehead atoms. The van der Waals surface area contributed by atoms with E-state index >= 15 is 0 Å². The number of carbonyl (C=O) groups excluding carboxylic acids is 1. The third kappa shape index (κ3) is 3.05. The molecule has 0 saturated carbocycles. The molecule has 21 heavy (non-hydrogen) atoms. The Bertz CT molecular complexity index is 630. The highest BCUT2D eigenvalue weighted by Gasteiger charge is 2.31. The van der Waals surface area contributed by atoms with Gasteiger partial charge in [-0.15, -0.1) is 0 Å². The second kappa shape index (κ2) is 5.95. The van der Waals surface area contributed by atoms with E-state index in [0.717, 1.165) is 11.1 Å². The van der Waals surface area contributed by atoms with Crippen molar-refractivity contribution in [3.8, 4) is 0 Å². The minimum atomic E-state index is -1.03. The average Bonchev–Trinajstić information content (AvgIpc) is 2.83. The van der Waals surface area contributed by atoms with Gasteiger partial charge in [0.15, 0.2) is 0 Å². The first-order chi connectivity index (χ1) is 10.2. The van der Waals surface area contributed by atoms with Crippen molar-refractivity contribution < 1.29 is 13.9 Å². The summed E-state index contributed by atoms with van der Waals surface area (Å²) in [5.74, 6) is 0. The van der Waals surface area contributed by atoms with Crippen molar-refractivity contribution in [3.63, 3.8) is 0 Å². The largest absolute Gasteiger partial charge is 0.445 e. The number of amides is 1. The lowest BCUT2D eigenvalue weighted by molar-refractivity contribution is 0.134. The van der Waals surface area contributed by atoms with Crippen LogP contribution in [0.25, 0.3) is 0 Å². The van der Waals surface area contributed by atoms with Crippen molar-refractivity contribution in [2.75, 3.05) is 0 Å². The van der Waals surface area contributed by atoms with E-state index in [9.17, 15) is 9.18 Å². The van der Waals surface area contributed by atoms with Gasteiger partial charge in [-0.05, 0) is 16.7 Å². The van der Waals surface area contributed by atoms with E-state index in [2.05, 4.69) is 5.32 Å². The Morgan fingerprint density at radius 3 is 2.52 bits per heavy atom. The van der Waals surface area contributed by atoms with E-state index < -0.39 is 12.3 Å². The Kier molecular flexibility index (Phi) is 3.86. The van der Waals surface area contributed by atoms with Crippen LogP contribution >= 0.6 is 0 Å². The maximum atomic E-state index is 13.9. The van der Waals surface area contributed by atoms with Gasteiger partial charge in [0, 0.05) is 6.42 Å². The van der Waals surface area contributed by atoms with Gasteiger partial charge in [-0.3, -0.25) is 0 Å². The third-order valence-corrected chi connectivity index (χ3v) is 3.66. The van der Waals surface area contributed by atoms with Gasteiger partial charge in [0.2, 0.25) is 0 Å². The molecule has 1 amide bonds. The zero-order valence-electron chi connectivity index (χ0n) is 11.5. The lowest BCUT2D eigenvalue weighted by Gasteiger charge is -2.14. The predicted octanol–water partition coefficient (Wildman–Crippen LogP) is 4.07. The van der Waals surface area contributed by atoms with Crippen LogP contribution in [0.2, 0.25) is 0 Å². The second-order valence-corrected chi connectivity index (χ2v) is 5.09. The molecule has 1 aliphatic rings. The van der Waals surface area contributed by atoms with Gasteiger partial charge in [-0.2, -0.15) is 0 Å². The Labute approximate surface area is 122 Å². The molecule has 3 rings (SSSR count). The monoisotopic (exact) mass is 285 g/mol. The van der Waals surface area contributed by atoms with Gasteiger partial charge in [-0.25, -0.2) is 9.18 Å². The van der Waals surface area contributed by atoms with Crippen LogP contribution in [-0.4, -0.2) is 6.09 Å². The SMILES string of the molecule is O=C(NC1CC(F)c2ccccc21)OCc1ccccc1. The fourth-order valence-electron chi connectivity index (χ4n) is 2.62. The van der Waals surface area contributed by atoms with Crippen molar-refractivity contribution in [2.24, 2.45) is 0 Å². The normalized spacial score (nSPS) is 19.9. The number of alkyl halides is 1. The summed E-state index contributed by atoms with van der Waals surface area (Å²) in [6.07, 6.45) is -1.28. The molecular weight excluding hydrogens is 269 g/mol. The van der Waals surface area contributed by atoms with Gasteiger partial charge in [0.05, 0.1) is 6.04 Å². The van der Waals surface area contributed by atoms with Crippen LogP contribution in [0, 0.1) is 0 Å². The fourth-order valence-corrected chi connectivity index (χ4v) is 2.62. The predicted molar refractivity (Wildman–Crippen MR) is 77.4 cm³/mol. The quantitative estimate of drug-likeness (QED) is 0.923. The molecule has 0 heterocycles. The Morgan fingerprint density at radius 1 is 1.10 bits per heavy atom. The standard InChI is InChI=1S/C17H16FNO2/c18-15-10-16(14-9-5-4-8-13(14)15)19-17(20)21-11-12-6-2-1-3-7-12/h1-9,15-16H,10-11H2,(H,19,20). The maximum Gasteiger partial charge on any atom is 0.407 e. The highest BCUT2D eigenvalue weighted by molar-refractivity contribution is 5.68. The number of halogens is 1. The number of alkyl carbamates (subject to hydrolysis) is 1. The van der Waals surface area contributed by atoms with Gasteiger partial charge >= 0.3 is 6.09 Å². The van der Waals surface area contributed by atoms with Gasteiger partial charge in [-0.1, -0.05) is 54.6 Å². The molecule has 0 saturated heterocycles. The zero-order chi connectivity index (χ0) is 14.7. The van der Waals surface area contributed by atoms with Crippen molar-refractivity contribution >= 4 is 6.09 Å². The van der Waals surface area contributed by atoms with Crippen LogP contribution in [-0.2, 0) is 11.3 Å². The number of nitrogens with one attached hydrogen (secondary N) is 1. The van der Waals surface area contributed by atoms with Crippen LogP contribution in [0.4, 0.5) is 9.18 Å². The summed E-state index contributed by atoms with van der Waals surface area (Å²) < 4.78 is 19.0. The summed E-state index contributed by atoms with van der Waals surface area (Å²) in [4.78, 5) is 11.8. The molecule has 108 valence electrons. The summed E-state index contributed by atoms with van der Waals surface area (Å²) in [5.41, 5.74) is 2.41. The number of hydrogen-bond donors (Lipinski definition) is 1. The first-order valence-electron chi connectivity index (χ1n) is 6.94. The summed E-state index contributed by atoms with van der Waals surface area (Å²) in [6, 6.07) is 16.4. The zero-order valence-corrected chi connectivity index (χ0v) is 11.5. The van der Waals surface area contributed by atoms with Crippen molar-refractivity contribution in [1.82, 2.24) is 5.32 Å². The number of ether oxygens (including phenoxy) is 1. The highest BCUT2D eigenvalue weighted by Crippen LogP contribution is 2.40. The molecule has 1 N–H and O–H groups in total. The molecule has 0 aromatic heterocycles. The number of rotatable bonds is 3. The highest BCUT2D eigenvalue weighted by atomic mass is 19.1. The molecule has 2 atom stereocenters. The van der Waals surface area contributed by atoms with Crippen LogP contribution in [0.5, 0.6) is 0 Å². The molecule has 2 aromatic carbocycles. The fraction of sp³-hybridized carbons (Fsp3) is 0.235. The van der Waals surface area contributed by atoms with E-state index in [1.54, 1.807) is 6.07 Å². The van der Waals surface area contributed by atoms with Gasteiger partial charge in [0.25, 0.3) is 0 Å². The molecular formula is C17H16FNO2. The smallest absolute Gasteiger partial charge is 0.407 e. The second-order valence-electron chi connectivity index (χ2n) is 5.09. The summed E-state index contributed by atoms with van der Waals surface area (Å²) in [5, 5.41) is 2.73. The number of hydrogen-bond acceptors (Lipinski definition) is 2. The van der Waals surface area contributed by atoms with E-state index in [4.69, 9.17) is 4.74 Å². The number of benzene rings is 2. The van der Waals surface area contributed by atoms with Crippen LogP contribution in [0.15, 0.2) is 54.6 Å². The van der Waals surface area contributed by atoms with E-state index in [-0.39, 0.29) is 19.1 Å². The molecule has 3 nitrogen and oxygen atoms in total. The molecule has 0 spiro atoms. The van der Waals surface area contributed by atoms with E-state index in [1.165, 1.54) is 0 Å². The molecule has 1 aliphatic carbocycles. The van der Waals surface area contributed by atoms with Crippen molar-refractivity contribution in [2.45, 2.75) is 25.2 Å². The molecule has 0 radical (unpaired) electrons. The average molecular weight is 285 g/mol. The van der Waals surface area contributed by atoms with Crippen LogP contribution in [0.1, 0.15) is 35.3 Å². The molecule has 0 aliphatic heterocycles. The first kappa shape index (κ1) is 13.6. The number of fused-ring (bicyclic) bond motifs is 1. The summed E-state index contributed by atoms with van der Waals surface area (Å²) in [6.45, 7) is 0.208. The Balaban J connectivity index is 1.59. The van der Waals surface area contributed by atoms with Crippen molar-refractivity contribution in [1.29, 1.82) is 0 Å². The molecule has 0 fully saturated rings. The molecule has 4 heteroatoms. The lowest BCUT2D eigenvalue weighted by Crippen LogP contribution is -2.27. The van der Waals surface area contributed by atoms with Gasteiger partial charge in [0.1, 0.15) is 12.8 Å². The Morgan fingerprint density at radius 2 is 1.76 bits per heavy atom. The van der Waals surface area contributed by atoms with E-state index in [1.807, 2.05) is 48.5 Å². The van der Waals surface area contributed by atoms with Crippen LogP contribution < -0.4 is 5.32 Å². The van der Waals surface area contributed by atoms with E-state index in [0.29, 0.717) is 5.56 Å². The molecule has 2 aromatic rings. The number of carbonyl (C=O) groups is 1. The lowest BCUT2D eigenvalue weighted by atomic mass is 10.1. The van der Waals surface area contributed by atoms with Crippen LogP contribution in [0.3, 0.4) is 0 Å². The minimum Gasteiger partial charge on any atom is -0.445 e. The third-order valence-electron chi connectivity index (χ3n) is 3.66. The molecule has 2 unspecified atom stereocenters.